The average molecular weight is 458 g/mol. The Balaban J connectivity index is 1.20. The lowest BCUT2D eigenvalue weighted by atomic mass is 9.96. The van der Waals surface area contributed by atoms with Crippen LogP contribution in [0.25, 0.3) is 11.3 Å². The second kappa shape index (κ2) is 8.01. The van der Waals surface area contributed by atoms with Crippen LogP contribution in [0.3, 0.4) is 0 Å². The number of aryl methyl sites for hydroxylation is 1. The number of amides is 1. The number of aromatic nitrogens is 6. The van der Waals surface area contributed by atoms with Crippen molar-refractivity contribution in [3.8, 4) is 0 Å². The minimum absolute atomic E-state index is 0.0300. The first kappa shape index (κ1) is 21.2. The Morgan fingerprint density at radius 2 is 1.94 bits per heavy atom. The summed E-state index contributed by atoms with van der Waals surface area (Å²) in [4.78, 5) is 19.0. The van der Waals surface area contributed by atoms with Crippen LogP contribution in [0.2, 0.25) is 0 Å². The van der Waals surface area contributed by atoms with Crippen molar-refractivity contribution in [2.75, 3.05) is 18.0 Å². The molecule has 0 atom stereocenters. The summed E-state index contributed by atoms with van der Waals surface area (Å²) in [6, 6.07) is 7.05. The van der Waals surface area contributed by atoms with Gasteiger partial charge in [0.15, 0.2) is 5.65 Å². The van der Waals surface area contributed by atoms with E-state index in [9.17, 15) is 18.0 Å². The quantitative estimate of drug-likeness (QED) is 0.506. The number of anilines is 1. The lowest BCUT2D eigenvalue weighted by Gasteiger charge is -2.32. The van der Waals surface area contributed by atoms with Gasteiger partial charge in [-0.3, -0.25) is 4.79 Å². The van der Waals surface area contributed by atoms with Gasteiger partial charge in [0.25, 0.3) is 5.82 Å². The van der Waals surface area contributed by atoms with Gasteiger partial charge in [0, 0.05) is 31.4 Å². The summed E-state index contributed by atoms with van der Waals surface area (Å²) in [5, 5.41) is 13.8. The number of alkyl halides is 3. The molecule has 0 aliphatic carbocycles. The average Bonchev–Trinajstić information content (AvgIpc) is 3.40. The first-order chi connectivity index (χ1) is 15.8. The molecule has 0 unspecified atom stereocenters. The van der Waals surface area contributed by atoms with E-state index in [2.05, 4.69) is 25.6 Å². The van der Waals surface area contributed by atoms with Crippen molar-refractivity contribution in [2.24, 2.45) is 5.92 Å². The van der Waals surface area contributed by atoms with E-state index in [4.69, 9.17) is 0 Å². The third kappa shape index (κ3) is 4.20. The smallest absolute Gasteiger partial charge is 0.355 e. The van der Waals surface area contributed by atoms with Gasteiger partial charge >= 0.3 is 6.18 Å². The number of nitrogens with zero attached hydrogens (tertiary/aromatic N) is 7. The van der Waals surface area contributed by atoms with Gasteiger partial charge in [-0.25, -0.2) is 4.98 Å². The number of rotatable bonds is 4. The fourth-order valence-electron chi connectivity index (χ4n) is 4.04. The van der Waals surface area contributed by atoms with Crippen LogP contribution < -0.4 is 10.2 Å². The molecule has 5 heterocycles. The fraction of sp³-hybridized carbons (Fsp3) is 0.381. The highest BCUT2D eigenvalue weighted by Gasteiger charge is 2.38. The van der Waals surface area contributed by atoms with E-state index in [1.807, 2.05) is 40.8 Å². The van der Waals surface area contributed by atoms with Crippen LogP contribution in [0.1, 0.15) is 29.9 Å². The molecule has 1 N–H and O–H groups in total. The summed E-state index contributed by atoms with van der Waals surface area (Å²) in [6.07, 6.45) is 0.325. The van der Waals surface area contributed by atoms with Crippen molar-refractivity contribution in [1.29, 1.82) is 0 Å². The molecule has 0 saturated carbocycles. The van der Waals surface area contributed by atoms with Gasteiger partial charge in [-0.2, -0.15) is 17.7 Å². The number of pyridine rings is 1. The van der Waals surface area contributed by atoms with Gasteiger partial charge in [-0.15, -0.1) is 15.3 Å². The highest BCUT2D eigenvalue weighted by Crippen LogP contribution is 2.28. The molecule has 5 rings (SSSR count). The highest BCUT2D eigenvalue weighted by molar-refractivity contribution is 5.79. The molecule has 1 aliphatic heterocycles. The number of carbonyl (C=O) groups is 1. The molecule has 33 heavy (non-hydrogen) atoms. The first-order valence-electron chi connectivity index (χ1n) is 10.5. The number of hydrogen-bond donors (Lipinski definition) is 1. The third-order valence-electron chi connectivity index (χ3n) is 5.80. The van der Waals surface area contributed by atoms with Crippen molar-refractivity contribution in [2.45, 2.75) is 32.5 Å². The van der Waals surface area contributed by atoms with E-state index >= 15 is 0 Å². The second-order valence-corrected chi connectivity index (χ2v) is 8.16. The number of fused-ring (bicyclic) bond motifs is 2. The molecule has 172 valence electrons. The molecular formula is C21H21F3N8O. The van der Waals surface area contributed by atoms with E-state index in [0.29, 0.717) is 42.8 Å². The normalized spacial score (nSPS) is 15.5. The van der Waals surface area contributed by atoms with E-state index in [0.717, 1.165) is 16.9 Å². The maximum Gasteiger partial charge on any atom is 0.453 e. The molecule has 0 radical (unpaired) electrons. The molecule has 1 saturated heterocycles. The minimum atomic E-state index is -4.64. The summed E-state index contributed by atoms with van der Waals surface area (Å²) < 4.78 is 42.0. The largest absolute Gasteiger partial charge is 0.453 e. The molecule has 1 amide bonds. The molecule has 1 fully saturated rings. The Bertz CT molecular complexity index is 1320. The fourth-order valence-corrected chi connectivity index (χ4v) is 4.04. The number of nitrogens with one attached hydrogen (secondary N) is 1. The molecule has 1 aliphatic rings. The summed E-state index contributed by atoms with van der Waals surface area (Å²) in [6.45, 7) is 3.35. The molecule has 12 heteroatoms. The van der Waals surface area contributed by atoms with Gasteiger partial charge in [-0.1, -0.05) is 0 Å². The summed E-state index contributed by atoms with van der Waals surface area (Å²) in [5.74, 6) is -0.989. The molecule has 9 nitrogen and oxygen atoms in total. The van der Waals surface area contributed by atoms with Crippen molar-refractivity contribution in [1.82, 2.24) is 34.5 Å². The zero-order valence-electron chi connectivity index (χ0n) is 17.7. The summed E-state index contributed by atoms with van der Waals surface area (Å²) in [5.41, 5.74) is 2.75. The van der Waals surface area contributed by atoms with Crippen LogP contribution in [0, 0.1) is 12.8 Å². The Morgan fingerprint density at radius 3 is 2.70 bits per heavy atom. The van der Waals surface area contributed by atoms with Crippen molar-refractivity contribution < 1.29 is 18.0 Å². The van der Waals surface area contributed by atoms with Gasteiger partial charge in [0.2, 0.25) is 5.91 Å². The summed E-state index contributed by atoms with van der Waals surface area (Å²) >= 11 is 0. The Labute approximate surface area is 186 Å². The van der Waals surface area contributed by atoms with Crippen molar-refractivity contribution >= 4 is 23.0 Å². The van der Waals surface area contributed by atoms with E-state index in [1.165, 1.54) is 6.07 Å². The predicted molar refractivity (Wildman–Crippen MR) is 112 cm³/mol. The molecule has 0 bridgehead atoms. The number of halogens is 3. The van der Waals surface area contributed by atoms with Gasteiger partial charge < -0.3 is 14.6 Å². The van der Waals surface area contributed by atoms with Crippen LogP contribution in [-0.2, 0) is 17.5 Å². The molecule has 4 aromatic heterocycles. The number of hydrogen-bond acceptors (Lipinski definition) is 6. The van der Waals surface area contributed by atoms with Crippen LogP contribution >= 0.6 is 0 Å². The van der Waals surface area contributed by atoms with Crippen LogP contribution in [0.5, 0.6) is 0 Å². The Kier molecular flexibility index (Phi) is 5.14. The molecule has 4 aromatic rings. The number of imidazole rings is 1. The maximum atomic E-state index is 13.1. The lowest BCUT2D eigenvalue weighted by Crippen LogP contribution is -2.40. The number of piperidine rings is 1. The standard InChI is InChI=1S/C21H21F3N8O/c1-13-4-7-31-12-15(26-18(31)10-13)11-25-19(33)14-5-8-30(9-6-14)17-3-2-16-27-28-20(21(22,23)24)32(16)29-17/h2-4,7,10,12,14H,5-6,8-9,11H2,1H3,(H,25,33). The number of carbonyl (C=O) groups excluding carboxylic acids is 1. The lowest BCUT2D eigenvalue weighted by molar-refractivity contribution is -0.146. The molecule has 0 aromatic carbocycles. The van der Waals surface area contributed by atoms with Crippen LogP contribution in [0.15, 0.2) is 36.7 Å². The first-order valence-corrected chi connectivity index (χ1v) is 10.5. The third-order valence-corrected chi connectivity index (χ3v) is 5.80. The second-order valence-electron chi connectivity index (χ2n) is 8.16. The highest BCUT2D eigenvalue weighted by atomic mass is 19.4. The minimum Gasteiger partial charge on any atom is -0.355 e. The van der Waals surface area contributed by atoms with E-state index < -0.39 is 12.0 Å². The van der Waals surface area contributed by atoms with Gasteiger partial charge in [0.05, 0.1) is 12.2 Å². The van der Waals surface area contributed by atoms with Crippen LogP contribution in [-0.4, -0.2) is 48.2 Å². The maximum absolute atomic E-state index is 13.1. The van der Waals surface area contributed by atoms with Crippen molar-refractivity contribution in [3.63, 3.8) is 0 Å². The van der Waals surface area contributed by atoms with Gasteiger partial charge in [-0.05, 0) is 49.6 Å². The SMILES string of the molecule is Cc1ccn2cc(CNC(=O)C3CCN(c4ccc5nnc(C(F)(F)F)n5n4)CC3)nc2c1. The van der Waals surface area contributed by atoms with E-state index in [-0.39, 0.29) is 17.5 Å². The van der Waals surface area contributed by atoms with Gasteiger partial charge in [0.1, 0.15) is 11.5 Å². The topological polar surface area (TPSA) is 92.7 Å². The zero-order valence-corrected chi connectivity index (χ0v) is 17.7. The predicted octanol–water partition coefficient (Wildman–Crippen LogP) is 2.63. The Morgan fingerprint density at radius 1 is 1.15 bits per heavy atom. The molecular weight excluding hydrogens is 437 g/mol. The van der Waals surface area contributed by atoms with Crippen molar-refractivity contribution in [3.05, 3.63) is 53.7 Å². The van der Waals surface area contributed by atoms with E-state index in [1.54, 1.807) is 6.07 Å². The van der Waals surface area contributed by atoms with Crippen LogP contribution in [0.4, 0.5) is 19.0 Å². The monoisotopic (exact) mass is 458 g/mol. The molecule has 0 spiro atoms. The zero-order chi connectivity index (χ0) is 23.2. The summed E-state index contributed by atoms with van der Waals surface area (Å²) in [7, 11) is 0. The Hall–Kier alpha value is -3.70.